The summed E-state index contributed by atoms with van der Waals surface area (Å²) < 4.78 is 10.7. The highest BCUT2D eigenvalue weighted by molar-refractivity contribution is 6.32. The van der Waals surface area contributed by atoms with Crippen LogP contribution in [0.5, 0.6) is 5.75 Å². The number of halogens is 1. The summed E-state index contributed by atoms with van der Waals surface area (Å²) in [6.45, 7) is 3.71. The molecule has 0 amide bonds. The van der Waals surface area contributed by atoms with Crippen molar-refractivity contribution >= 4 is 17.3 Å². The van der Waals surface area contributed by atoms with Gasteiger partial charge in [-0.25, -0.2) is 0 Å². The summed E-state index contributed by atoms with van der Waals surface area (Å²) in [7, 11) is 0. The van der Waals surface area contributed by atoms with E-state index in [0.29, 0.717) is 19.0 Å². The number of nitro benzene ring substituents is 1. The Bertz CT molecular complexity index is 398. The number of rotatable bonds is 8. The molecule has 0 saturated heterocycles. The van der Waals surface area contributed by atoms with E-state index in [2.05, 4.69) is 6.92 Å². The molecule has 0 aliphatic heterocycles. The van der Waals surface area contributed by atoms with Gasteiger partial charge in [0.15, 0.2) is 0 Å². The van der Waals surface area contributed by atoms with Gasteiger partial charge >= 0.3 is 0 Å². The molecule has 0 saturated carbocycles. The normalized spacial score (nSPS) is 10.3. The zero-order valence-corrected chi connectivity index (χ0v) is 11.0. The first-order valence-electron chi connectivity index (χ1n) is 5.79. The standard InChI is InChI=1S/C12H16ClNO4/c1-2-3-6-17-7-8-18-10-4-5-12(14(15)16)11(13)9-10/h4-5,9H,2-3,6-8H2,1H3. The van der Waals surface area contributed by atoms with Crippen LogP contribution in [-0.4, -0.2) is 24.7 Å². The van der Waals surface area contributed by atoms with Crippen molar-refractivity contribution in [2.24, 2.45) is 0 Å². The Morgan fingerprint density at radius 1 is 1.33 bits per heavy atom. The summed E-state index contributed by atoms with van der Waals surface area (Å²) in [6, 6.07) is 4.29. The second-order valence-electron chi connectivity index (χ2n) is 3.68. The lowest BCUT2D eigenvalue weighted by atomic mass is 10.3. The zero-order chi connectivity index (χ0) is 13.4. The van der Waals surface area contributed by atoms with Gasteiger partial charge in [-0.15, -0.1) is 0 Å². The molecule has 0 fully saturated rings. The van der Waals surface area contributed by atoms with Gasteiger partial charge in [-0.3, -0.25) is 10.1 Å². The topological polar surface area (TPSA) is 61.6 Å². The van der Waals surface area contributed by atoms with Crippen molar-refractivity contribution in [2.75, 3.05) is 19.8 Å². The number of hydrogen-bond acceptors (Lipinski definition) is 4. The molecule has 100 valence electrons. The van der Waals surface area contributed by atoms with Crippen molar-refractivity contribution in [3.05, 3.63) is 33.3 Å². The predicted molar refractivity (Wildman–Crippen MR) is 69.3 cm³/mol. The summed E-state index contributed by atoms with van der Waals surface area (Å²) in [4.78, 5) is 10.0. The minimum atomic E-state index is -0.528. The highest BCUT2D eigenvalue weighted by atomic mass is 35.5. The van der Waals surface area contributed by atoms with E-state index in [1.165, 1.54) is 18.2 Å². The van der Waals surface area contributed by atoms with Crippen LogP contribution in [0.2, 0.25) is 5.02 Å². The molecular weight excluding hydrogens is 258 g/mol. The van der Waals surface area contributed by atoms with E-state index in [-0.39, 0.29) is 10.7 Å². The highest BCUT2D eigenvalue weighted by Crippen LogP contribution is 2.28. The Balaban J connectivity index is 2.35. The first-order chi connectivity index (χ1) is 8.65. The van der Waals surface area contributed by atoms with Crippen molar-refractivity contribution < 1.29 is 14.4 Å². The van der Waals surface area contributed by atoms with E-state index in [0.717, 1.165) is 19.4 Å². The Morgan fingerprint density at radius 2 is 2.11 bits per heavy atom. The quantitative estimate of drug-likeness (QED) is 0.413. The Labute approximate surface area is 111 Å². The van der Waals surface area contributed by atoms with Crippen LogP contribution >= 0.6 is 11.6 Å². The van der Waals surface area contributed by atoms with E-state index in [4.69, 9.17) is 21.1 Å². The monoisotopic (exact) mass is 273 g/mol. The number of ether oxygens (including phenoxy) is 2. The number of benzene rings is 1. The third-order valence-electron chi connectivity index (χ3n) is 2.25. The molecule has 0 bridgehead atoms. The van der Waals surface area contributed by atoms with Gasteiger partial charge < -0.3 is 9.47 Å². The van der Waals surface area contributed by atoms with Crippen molar-refractivity contribution in [1.82, 2.24) is 0 Å². The van der Waals surface area contributed by atoms with Gasteiger partial charge in [0.1, 0.15) is 17.4 Å². The van der Waals surface area contributed by atoms with Crippen LogP contribution in [0.4, 0.5) is 5.69 Å². The largest absolute Gasteiger partial charge is 0.491 e. The molecule has 0 radical (unpaired) electrons. The lowest BCUT2D eigenvalue weighted by Crippen LogP contribution is -2.07. The van der Waals surface area contributed by atoms with Crippen LogP contribution < -0.4 is 4.74 Å². The molecule has 0 atom stereocenters. The van der Waals surface area contributed by atoms with Crippen LogP contribution in [0.25, 0.3) is 0 Å². The number of nitro groups is 1. The summed E-state index contributed by atoms with van der Waals surface area (Å²) >= 11 is 5.75. The molecule has 0 aliphatic carbocycles. The number of nitrogens with zero attached hydrogens (tertiary/aromatic N) is 1. The van der Waals surface area contributed by atoms with Crippen LogP contribution in [-0.2, 0) is 4.74 Å². The van der Waals surface area contributed by atoms with E-state index in [1.807, 2.05) is 0 Å². The van der Waals surface area contributed by atoms with Gasteiger partial charge in [0.05, 0.1) is 11.5 Å². The summed E-state index contributed by atoms with van der Waals surface area (Å²) in [5.74, 6) is 0.504. The molecule has 0 N–H and O–H groups in total. The van der Waals surface area contributed by atoms with Gasteiger partial charge in [0.2, 0.25) is 0 Å². The fourth-order valence-electron chi connectivity index (χ4n) is 1.29. The first kappa shape index (κ1) is 14.7. The molecular formula is C12H16ClNO4. The molecule has 1 aromatic carbocycles. The maximum absolute atomic E-state index is 10.6. The molecule has 0 aliphatic rings. The second-order valence-corrected chi connectivity index (χ2v) is 4.09. The second kappa shape index (κ2) is 7.89. The molecule has 0 spiro atoms. The molecule has 6 heteroatoms. The lowest BCUT2D eigenvalue weighted by molar-refractivity contribution is -0.384. The van der Waals surface area contributed by atoms with Crippen LogP contribution in [0.15, 0.2) is 18.2 Å². The van der Waals surface area contributed by atoms with Gasteiger partial charge in [0.25, 0.3) is 5.69 Å². The Hall–Kier alpha value is -1.33. The van der Waals surface area contributed by atoms with E-state index in [1.54, 1.807) is 0 Å². The molecule has 1 aromatic rings. The summed E-state index contributed by atoms with van der Waals surface area (Å²) in [6.07, 6.45) is 2.13. The van der Waals surface area contributed by atoms with Crippen LogP contribution in [0, 0.1) is 10.1 Å². The molecule has 0 heterocycles. The van der Waals surface area contributed by atoms with Crippen molar-refractivity contribution in [3.63, 3.8) is 0 Å². The maximum atomic E-state index is 10.6. The van der Waals surface area contributed by atoms with Gasteiger partial charge in [-0.1, -0.05) is 24.9 Å². The lowest BCUT2D eigenvalue weighted by Gasteiger charge is -2.07. The molecule has 0 unspecified atom stereocenters. The predicted octanol–water partition coefficient (Wildman–Crippen LogP) is 3.44. The zero-order valence-electron chi connectivity index (χ0n) is 10.2. The molecule has 5 nitrogen and oxygen atoms in total. The Kier molecular flexibility index (Phi) is 6.46. The third-order valence-corrected chi connectivity index (χ3v) is 2.56. The van der Waals surface area contributed by atoms with E-state index in [9.17, 15) is 10.1 Å². The van der Waals surface area contributed by atoms with Crippen molar-refractivity contribution in [2.45, 2.75) is 19.8 Å². The third kappa shape index (κ3) is 4.89. The van der Waals surface area contributed by atoms with Crippen LogP contribution in [0.3, 0.4) is 0 Å². The Morgan fingerprint density at radius 3 is 2.72 bits per heavy atom. The summed E-state index contributed by atoms with van der Waals surface area (Å²) in [5, 5.41) is 10.6. The molecule has 1 rings (SSSR count). The maximum Gasteiger partial charge on any atom is 0.288 e. The smallest absolute Gasteiger partial charge is 0.288 e. The molecule has 0 aromatic heterocycles. The number of unbranched alkanes of at least 4 members (excludes halogenated alkanes) is 1. The van der Waals surface area contributed by atoms with Crippen LogP contribution in [0.1, 0.15) is 19.8 Å². The summed E-state index contributed by atoms with van der Waals surface area (Å²) in [5.41, 5.74) is -0.122. The van der Waals surface area contributed by atoms with Gasteiger partial charge in [0, 0.05) is 18.7 Å². The fourth-order valence-corrected chi connectivity index (χ4v) is 1.53. The number of hydrogen-bond donors (Lipinski definition) is 0. The minimum absolute atomic E-state index is 0.0735. The fraction of sp³-hybridized carbons (Fsp3) is 0.500. The van der Waals surface area contributed by atoms with Gasteiger partial charge in [-0.05, 0) is 12.5 Å². The minimum Gasteiger partial charge on any atom is -0.491 e. The van der Waals surface area contributed by atoms with E-state index < -0.39 is 4.92 Å². The molecule has 18 heavy (non-hydrogen) atoms. The SMILES string of the molecule is CCCCOCCOc1ccc([N+](=O)[O-])c(Cl)c1. The van der Waals surface area contributed by atoms with Gasteiger partial charge in [-0.2, -0.15) is 0 Å². The average molecular weight is 274 g/mol. The van der Waals surface area contributed by atoms with Crippen molar-refractivity contribution in [1.29, 1.82) is 0 Å². The first-order valence-corrected chi connectivity index (χ1v) is 6.17. The highest BCUT2D eigenvalue weighted by Gasteiger charge is 2.12. The van der Waals surface area contributed by atoms with Crippen molar-refractivity contribution in [3.8, 4) is 5.75 Å². The van der Waals surface area contributed by atoms with E-state index >= 15 is 0 Å². The average Bonchev–Trinajstić information content (AvgIpc) is 2.33.